The molecule has 3 heteroatoms. The molecule has 0 unspecified atom stereocenters. The van der Waals surface area contributed by atoms with Crippen molar-refractivity contribution in [1.29, 1.82) is 0 Å². The fourth-order valence-electron chi connectivity index (χ4n) is 0.512. The molecule has 0 bridgehead atoms. The van der Waals surface area contributed by atoms with Gasteiger partial charge in [0.1, 0.15) is 11.6 Å². The van der Waals surface area contributed by atoms with E-state index in [0.717, 1.165) is 5.75 Å². The third kappa shape index (κ3) is 3.45. The highest BCUT2D eigenvalue weighted by Crippen LogP contribution is 2.07. The molecule has 1 aromatic rings. The van der Waals surface area contributed by atoms with Crippen molar-refractivity contribution >= 4 is 5.82 Å². The molecule has 3 nitrogen and oxygen atoms in total. The molecule has 0 aliphatic rings. The molecule has 0 aliphatic carbocycles. The van der Waals surface area contributed by atoms with E-state index in [2.05, 4.69) is 4.98 Å². The quantitative estimate of drug-likeness (QED) is 0.669. The predicted molar refractivity (Wildman–Crippen MR) is 46.5 cm³/mol. The van der Waals surface area contributed by atoms with Gasteiger partial charge in [0.2, 0.25) is 0 Å². The monoisotopic (exact) mass is 154 g/mol. The normalized spacial score (nSPS) is 7.91. The third-order valence-electron chi connectivity index (χ3n) is 0.995. The van der Waals surface area contributed by atoms with Crippen molar-refractivity contribution in [1.82, 2.24) is 4.98 Å². The average molecular weight is 154 g/mol. The predicted octanol–water partition coefficient (Wildman–Crippen LogP) is 1.70. The number of ether oxygens (including phenoxy) is 1. The second-order valence-electron chi connectivity index (χ2n) is 1.62. The molecule has 0 spiro atoms. The number of anilines is 1. The van der Waals surface area contributed by atoms with E-state index < -0.39 is 0 Å². The van der Waals surface area contributed by atoms with Crippen LogP contribution in [0.15, 0.2) is 18.3 Å². The van der Waals surface area contributed by atoms with E-state index in [9.17, 15) is 0 Å². The van der Waals surface area contributed by atoms with Gasteiger partial charge < -0.3 is 10.5 Å². The van der Waals surface area contributed by atoms with Crippen molar-refractivity contribution in [2.75, 3.05) is 12.8 Å². The zero-order chi connectivity index (χ0) is 8.69. The van der Waals surface area contributed by atoms with Gasteiger partial charge in [-0.2, -0.15) is 0 Å². The molecule has 0 saturated carbocycles. The fraction of sp³-hybridized carbons (Fsp3) is 0.375. The summed E-state index contributed by atoms with van der Waals surface area (Å²) in [5.41, 5.74) is 5.31. The largest absolute Gasteiger partial charge is 0.495 e. The van der Waals surface area contributed by atoms with E-state index in [1.54, 1.807) is 25.4 Å². The Morgan fingerprint density at radius 3 is 2.36 bits per heavy atom. The molecule has 0 radical (unpaired) electrons. The molecule has 0 saturated heterocycles. The van der Waals surface area contributed by atoms with Gasteiger partial charge in [0.25, 0.3) is 0 Å². The summed E-state index contributed by atoms with van der Waals surface area (Å²) >= 11 is 0. The summed E-state index contributed by atoms with van der Waals surface area (Å²) in [5, 5.41) is 0. The summed E-state index contributed by atoms with van der Waals surface area (Å²) in [7, 11) is 1.59. The van der Waals surface area contributed by atoms with Crippen molar-refractivity contribution in [3.8, 4) is 5.75 Å². The summed E-state index contributed by atoms with van der Waals surface area (Å²) in [6, 6.07) is 3.46. The number of nitrogens with zero attached hydrogens (tertiary/aromatic N) is 1. The van der Waals surface area contributed by atoms with Gasteiger partial charge in [-0.15, -0.1) is 0 Å². The molecule has 0 atom stereocenters. The van der Waals surface area contributed by atoms with Crippen molar-refractivity contribution in [3.05, 3.63) is 18.3 Å². The van der Waals surface area contributed by atoms with Crippen molar-refractivity contribution in [2.24, 2.45) is 0 Å². The number of nitrogens with two attached hydrogens (primary N) is 1. The Morgan fingerprint density at radius 2 is 2.00 bits per heavy atom. The van der Waals surface area contributed by atoms with E-state index in [1.165, 1.54) is 0 Å². The third-order valence-corrected chi connectivity index (χ3v) is 0.995. The molecular formula is C8H14N2O. The van der Waals surface area contributed by atoms with Crippen LogP contribution in [0, 0.1) is 0 Å². The molecule has 2 N–H and O–H groups in total. The number of methoxy groups -OCH3 is 1. The zero-order valence-corrected chi connectivity index (χ0v) is 7.16. The van der Waals surface area contributed by atoms with Gasteiger partial charge in [-0.25, -0.2) is 4.98 Å². The van der Waals surface area contributed by atoms with Gasteiger partial charge in [0.05, 0.1) is 13.3 Å². The highest BCUT2D eigenvalue weighted by atomic mass is 16.5. The van der Waals surface area contributed by atoms with Crippen LogP contribution in [0.1, 0.15) is 13.8 Å². The Kier molecular flexibility index (Phi) is 4.90. The second-order valence-corrected chi connectivity index (χ2v) is 1.62. The molecule has 1 aromatic heterocycles. The number of pyridine rings is 1. The first-order valence-corrected chi connectivity index (χ1v) is 3.58. The molecule has 0 amide bonds. The van der Waals surface area contributed by atoms with Crippen LogP contribution in [0.2, 0.25) is 0 Å². The molecule has 1 heterocycles. The molecule has 0 aromatic carbocycles. The molecule has 62 valence electrons. The Morgan fingerprint density at radius 1 is 1.36 bits per heavy atom. The smallest absolute Gasteiger partial charge is 0.137 e. The van der Waals surface area contributed by atoms with Gasteiger partial charge in [0.15, 0.2) is 0 Å². The Hall–Kier alpha value is -1.25. The maximum absolute atomic E-state index is 5.31. The van der Waals surface area contributed by atoms with E-state index in [0.29, 0.717) is 5.82 Å². The first-order chi connectivity index (χ1) is 5.33. The first-order valence-electron chi connectivity index (χ1n) is 3.58. The Balaban J connectivity index is 0.000000461. The molecule has 1 rings (SSSR count). The van der Waals surface area contributed by atoms with E-state index >= 15 is 0 Å². The van der Waals surface area contributed by atoms with Crippen LogP contribution in [-0.4, -0.2) is 12.1 Å². The molecule has 11 heavy (non-hydrogen) atoms. The van der Waals surface area contributed by atoms with Crippen LogP contribution >= 0.6 is 0 Å². The van der Waals surface area contributed by atoms with Crippen LogP contribution in [-0.2, 0) is 0 Å². The lowest BCUT2D eigenvalue weighted by atomic mass is 10.4. The van der Waals surface area contributed by atoms with Crippen LogP contribution < -0.4 is 10.5 Å². The minimum atomic E-state index is 0.510. The van der Waals surface area contributed by atoms with Gasteiger partial charge in [-0.05, 0) is 12.1 Å². The number of nitrogen functional groups attached to an aromatic ring is 1. The van der Waals surface area contributed by atoms with Crippen LogP contribution in [0.3, 0.4) is 0 Å². The number of hydrogen-bond donors (Lipinski definition) is 1. The highest BCUT2D eigenvalue weighted by Gasteiger charge is 1.87. The van der Waals surface area contributed by atoms with E-state index in [1.807, 2.05) is 13.8 Å². The van der Waals surface area contributed by atoms with Crippen molar-refractivity contribution in [3.63, 3.8) is 0 Å². The topological polar surface area (TPSA) is 48.1 Å². The summed E-state index contributed by atoms with van der Waals surface area (Å²) in [5.74, 6) is 1.24. The highest BCUT2D eigenvalue weighted by molar-refractivity contribution is 5.31. The van der Waals surface area contributed by atoms with Crippen molar-refractivity contribution < 1.29 is 4.74 Å². The van der Waals surface area contributed by atoms with Crippen LogP contribution in [0.25, 0.3) is 0 Å². The standard InChI is InChI=1S/C6H8N2O.C2H6/c1-9-5-2-3-6(7)8-4-5;1-2/h2-4H,1H3,(H2,7,8);1-2H3. The Labute approximate surface area is 67.2 Å². The summed E-state index contributed by atoms with van der Waals surface area (Å²) < 4.78 is 4.85. The second kappa shape index (κ2) is 5.53. The van der Waals surface area contributed by atoms with Crippen LogP contribution in [0.4, 0.5) is 5.82 Å². The summed E-state index contributed by atoms with van der Waals surface area (Å²) in [6.07, 6.45) is 1.58. The van der Waals surface area contributed by atoms with Gasteiger partial charge in [0, 0.05) is 0 Å². The minimum Gasteiger partial charge on any atom is -0.495 e. The molecule has 0 aliphatic heterocycles. The maximum Gasteiger partial charge on any atom is 0.137 e. The number of rotatable bonds is 1. The molecular weight excluding hydrogens is 140 g/mol. The zero-order valence-electron chi connectivity index (χ0n) is 7.16. The lowest BCUT2D eigenvalue weighted by molar-refractivity contribution is 0.413. The summed E-state index contributed by atoms with van der Waals surface area (Å²) in [6.45, 7) is 4.00. The van der Waals surface area contributed by atoms with E-state index in [4.69, 9.17) is 10.5 Å². The van der Waals surface area contributed by atoms with Crippen molar-refractivity contribution in [2.45, 2.75) is 13.8 Å². The van der Waals surface area contributed by atoms with Crippen LogP contribution in [0.5, 0.6) is 5.75 Å². The number of aromatic nitrogens is 1. The van der Waals surface area contributed by atoms with Gasteiger partial charge in [-0.1, -0.05) is 13.8 Å². The molecule has 0 fully saturated rings. The fourth-order valence-corrected chi connectivity index (χ4v) is 0.512. The average Bonchev–Trinajstić information content (AvgIpc) is 2.10. The number of hydrogen-bond acceptors (Lipinski definition) is 3. The van der Waals surface area contributed by atoms with Gasteiger partial charge in [-0.3, -0.25) is 0 Å². The first kappa shape index (κ1) is 9.75. The lowest BCUT2D eigenvalue weighted by Gasteiger charge is -1.96. The maximum atomic E-state index is 5.31. The lowest BCUT2D eigenvalue weighted by Crippen LogP contribution is -1.89. The Bertz CT molecular complexity index is 184. The minimum absolute atomic E-state index is 0.510. The van der Waals surface area contributed by atoms with E-state index in [-0.39, 0.29) is 0 Å². The SMILES string of the molecule is CC.COc1ccc(N)nc1. The summed E-state index contributed by atoms with van der Waals surface area (Å²) in [4.78, 5) is 3.80. The van der Waals surface area contributed by atoms with Gasteiger partial charge >= 0.3 is 0 Å².